The molecule has 2 N–H and O–H groups in total. The van der Waals surface area contributed by atoms with Crippen molar-refractivity contribution >= 4 is 28.9 Å². The highest BCUT2D eigenvalue weighted by Gasteiger charge is 2.04. The van der Waals surface area contributed by atoms with E-state index in [4.69, 9.17) is 28.9 Å². The summed E-state index contributed by atoms with van der Waals surface area (Å²) in [7, 11) is 1.74. The van der Waals surface area contributed by atoms with Crippen molar-refractivity contribution in [2.75, 3.05) is 13.6 Å². The second-order valence-electron chi connectivity index (χ2n) is 2.84. The minimum absolute atomic E-state index is 0.544. The number of benzene rings is 1. The molecule has 0 spiro atoms. The molecular formula is C10H12Cl2N2. The van der Waals surface area contributed by atoms with E-state index in [9.17, 15) is 0 Å². The molecule has 0 saturated carbocycles. The van der Waals surface area contributed by atoms with E-state index in [1.165, 1.54) is 0 Å². The number of nitrogens with zero attached hydrogens (tertiary/aromatic N) is 1. The number of rotatable bonds is 3. The third kappa shape index (κ3) is 2.71. The van der Waals surface area contributed by atoms with Gasteiger partial charge in [-0.25, -0.2) is 0 Å². The summed E-state index contributed by atoms with van der Waals surface area (Å²) in [5.74, 6) is 0. The lowest BCUT2D eigenvalue weighted by Crippen LogP contribution is -2.09. The van der Waals surface area contributed by atoms with Crippen LogP contribution in [-0.4, -0.2) is 19.3 Å². The van der Waals surface area contributed by atoms with Crippen LogP contribution in [0, 0.1) is 0 Å². The molecule has 0 atom stereocenters. The molecule has 1 aromatic rings. The summed E-state index contributed by atoms with van der Waals surface area (Å²) in [6.07, 6.45) is 0.745. The molecule has 0 fully saturated rings. The van der Waals surface area contributed by atoms with E-state index in [1.807, 2.05) is 12.1 Å². The van der Waals surface area contributed by atoms with E-state index in [1.54, 1.807) is 13.1 Å². The highest BCUT2D eigenvalue weighted by Crippen LogP contribution is 2.23. The third-order valence-corrected chi connectivity index (χ3v) is 2.64. The Morgan fingerprint density at radius 1 is 1.36 bits per heavy atom. The van der Waals surface area contributed by atoms with Crippen molar-refractivity contribution in [3.8, 4) is 0 Å². The maximum atomic E-state index is 5.90. The molecule has 0 bridgehead atoms. The molecule has 0 aliphatic carbocycles. The second kappa shape index (κ2) is 5.35. The second-order valence-corrected chi connectivity index (χ2v) is 3.65. The maximum Gasteiger partial charge on any atom is 0.0598 e. The summed E-state index contributed by atoms with van der Waals surface area (Å²) < 4.78 is 0. The highest BCUT2D eigenvalue weighted by atomic mass is 35.5. The molecule has 14 heavy (non-hydrogen) atoms. The Morgan fingerprint density at radius 3 is 2.57 bits per heavy atom. The van der Waals surface area contributed by atoms with Gasteiger partial charge in [0.05, 0.1) is 10.0 Å². The van der Waals surface area contributed by atoms with Crippen LogP contribution in [0.25, 0.3) is 0 Å². The van der Waals surface area contributed by atoms with Crippen molar-refractivity contribution in [1.29, 1.82) is 0 Å². The monoisotopic (exact) mass is 230 g/mol. The van der Waals surface area contributed by atoms with Gasteiger partial charge in [-0.05, 0) is 24.2 Å². The number of aliphatic imine (C=N–C) groups is 1. The van der Waals surface area contributed by atoms with Gasteiger partial charge in [-0.2, -0.15) is 0 Å². The number of halogens is 2. The van der Waals surface area contributed by atoms with Crippen LogP contribution in [0.1, 0.15) is 12.0 Å². The van der Waals surface area contributed by atoms with Crippen molar-refractivity contribution in [3.05, 3.63) is 33.8 Å². The topological polar surface area (TPSA) is 38.4 Å². The van der Waals surface area contributed by atoms with Gasteiger partial charge >= 0.3 is 0 Å². The predicted octanol–water partition coefficient (Wildman–Crippen LogP) is 2.76. The predicted molar refractivity (Wildman–Crippen MR) is 62.6 cm³/mol. The number of hydrogen-bond acceptors (Lipinski definition) is 2. The smallest absolute Gasteiger partial charge is 0.0598 e. The molecular weight excluding hydrogens is 219 g/mol. The average molecular weight is 231 g/mol. The van der Waals surface area contributed by atoms with Gasteiger partial charge in [0.1, 0.15) is 0 Å². The Bertz CT molecular complexity index is 348. The van der Waals surface area contributed by atoms with E-state index in [2.05, 4.69) is 4.99 Å². The zero-order chi connectivity index (χ0) is 10.6. The van der Waals surface area contributed by atoms with E-state index in [0.29, 0.717) is 16.6 Å². The van der Waals surface area contributed by atoms with Crippen LogP contribution in [0.4, 0.5) is 0 Å². The number of hydrogen-bond donors (Lipinski definition) is 1. The van der Waals surface area contributed by atoms with Gasteiger partial charge in [-0.1, -0.05) is 29.3 Å². The van der Waals surface area contributed by atoms with Crippen molar-refractivity contribution in [3.63, 3.8) is 0 Å². The van der Waals surface area contributed by atoms with E-state index in [-0.39, 0.29) is 0 Å². The first-order chi connectivity index (χ1) is 6.69. The van der Waals surface area contributed by atoms with Crippen LogP contribution in [0.2, 0.25) is 10.0 Å². The van der Waals surface area contributed by atoms with Crippen LogP contribution in [0.3, 0.4) is 0 Å². The van der Waals surface area contributed by atoms with Gasteiger partial charge in [0.15, 0.2) is 0 Å². The van der Waals surface area contributed by atoms with E-state index in [0.717, 1.165) is 17.7 Å². The fraction of sp³-hybridized carbons (Fsp3) is 0.300. The Hall–Kier alpha value is -0.570. The van der Waals surface area contributed by atoms with Crippen molar-refractivity contribution < 1.29 is 0 Å². The van der Waals surface area contributed by atoms with Crippen molar-refractivity contribution in [2.45, 2.75) is 6.42 Å². The first kappa shape index (κ1) is 11.5. The summed E-state index contributed by atoms with van der Waals surface area (Å²) in [6, 6.07) is 5.47. The molecule has 2 nitrogen and oxygen atoms in total. The lowest BCUT2D eigenvalue weighted by atomic mass is 10.1. The maximum absolute atomic E-state index is 5.90. The minimum atomic E-state index is 0.544. The molecule has 1 aromatic carbocycles. The molecule has 0 unspecified atom stereocenters. The SMILES string of the molecule is C/N=C(\CCN)c1ccc(Cl)c(Cl)c1. The first-order valence-electron chi connectivity index (χ1n) is 4.30. The Kier molecular flexibility index (Phi) is 4.39. The summed E-state index contributed by atoms with van der Waals surface area (Å²) >= 11 is 11.7. The van der Waals surface area contributed by atoms with Gasteiger partial charge in [-0.15, -0.1) is 0 Å². The van der Waals surface area contributed by atoms with Crippen LogP contribution in [0.5, 0.6) is 0 Å². The minimum Gasteiger partial charge on any atom is -0.330 e. The molecule has 0 saturated heterocycles. The van der Waals surface area contributed by atoms with Gasteiger partial charge in [-0.3, -0.25) is 4.99 Å². The average Bonchev–Trinajstić information content (AvgIpc) is 2.19. The zero-order valence-electron chi connectivity index (χ0n) is 7.93. The van der Waals surface area contributed by atoms with E-state index < -0.39 is 0 Å². The molecule has 76 valence electrons. The molecule has 0 aromatic heterocycles. The van der Waals surface area contributed by atoms with Crippen LogP contribution in [-0.2, 0) is 0 Å². The lowest BCUT2D eigenvalue weighted by Gasteiger charge is -2.05. The first-order valence-corrected chi connectivity index (χ1v) is 5.05. The molecule has 0 amide bonds. The molecule has 0 aliphatic rings. The van der Waals surface area contributed by atoms with Gasteiger partial charge < -0.3 is 5.73 Å². The van der Waals surface area contributed by atoms with Crippen LogP contribution in [0.15, 0.2) is 23.2 Å². The summed E-state index contributed by atoms with van der Waals surface area (Å²) in [4.78, 5) is 4.15. The Labute approximate surface area is 93.7 Å². The summed E-state index contributed by atoms with van der Waals surface area (Å²) in [5.41, 5.74) is 7.40. The van der Waals surface area contributed by atoms with Crippen LogP contribution < -0.4 is 5.73 Å². The lowest BCUT2D eigenvalue weighted by molar-refractivity contribution is 1.04. The van der Waals surface area contributed by atoms with Crippen LogP contribution >= 0.6 is 23.2 Å². The summed E-state index contributed by atoms with van der Waals surface area (Å²) in [5, 5.41) is 1.10. The highest BCUT2D eigenvalue weighted by molar-refractivity contribution is 6.42. The standard InChI is InChI=1S/C10H12Cl2N2/c1-14-10(4-5-13)7-2-3-8(11)9(12)6-7/h2-3,6H,4-5,13H2,1H3/b14-10+. The Morgan fingerprint density at radius 2 is 2.07 bits per heavy atom. The zero-order valence-corrected chi connectivity index (χ0v) is 9.44. The van der Waals surface area contributed by atoms with Crippen molar-refractivity contribution in [1.82, 2.24) is 0 Å². The third-order valence-electron chi connectivity index (χ3n) is 1.90. The Balaban J connectivity index is 3.00. The van der Waals surface area contributed by atoms with Gasteiger partial charge in [0, 0.05) is 19.2 Å². The largest absolute Gasteiger partial charge is 0.330 e. The quantitative estimate of drug-likeness (QED) is 0.798. The van der Waals surface area contributed by atoms with Gasteiger partial charge in [0.2, 0.25) is 0 Å². The fourth-order valence-corrected chi connectivity index (χ4v) is 1.50. The molecule has 0 aliphatic heterocycles. The molecule has 1 rings (SSSR count). The molecule has 4 heteroatoms. The summed E-state index contributed by atoms with van der Waals surface area (Å²) in [6.45, 7) is 0.576. The van der Waals surface area contributed by atoms with Gasteiger partial charge in [0.25, 0.3) is 0 Å². The molecule has 0 radical (unpaired) electrons. The van der Waals surface area contributed by atoms with Crippen molar-refractivity contribution in [2.24, 2.45) is 10.7 Å². The fourth-order valence-electron chi connectivity index (χ4n) is 1.20. The normalized spacial score (nSPS) is 11.9. The van der Waals surface area contributed by atoms with E-state index >= 15 is 0 Å². The molecule has 0 heterocycles. The number of nitrogens with two attached hydrogens (primary N) is 1.